The summed E-state index contributed by atoms with van der Waals surface area (Å²) in [7, 11) is 0. The van der Waals surface area contributed by atoms with E-state index in [9.17, 15) is 4.79 Å². The van der Waals surface area contributed by atoms with Gasteiger partial charge in [-0.15, -0.1) is 0 Å². The molecule has 0 fully saturated rings. The van der Waals surface area contributed by atoms with Gasteiger partial charge in [-0.3, -0.25) is 4.98 Å². The van der Waals surface area contributed by atoms with Crippen LogP contribution < -0.4 is 0 Å². The molecular formula is C16H17NO2. The average Bonchev–Trinajstić information content (AvgIpc) is 2.34. The lowest BCUT2D eigenvalue weighted by atomic mass is 10.1. The van der Waals surface area contributed by atoms with Gasteiger partial charge in [0, 0.05) is 17.7 Å². The van der Waals surface area contributed by atoms with Gasteiger partial charge in [-0.2, -0.15) is 0 Å². The first-order chi connectivity index (χ1) is 8.94. The number of benzene rings is 1. The number of fused-ring (bicyclic) bond motifs is 1. The third kappa shape index (κ3) is 3.91. The van der Waals surface area contributed by atoms with Gasteiger partial charge in [0.1, 0.15) is 5.60 Å². The lowest BCUT2D eigenvalue weighted by Crippen LogP contribution is -2.22. The van der Waals surface area contributed by atoms with E-state index in [1.54, 1.807) is 12.3 Å². The second-order valence-electron chi connectivity index (χ2n) is 5.32. The fraction of sp³-hybridized carbons (Fsp3) is 0.250. The number of pyridine rings is 1. The van der Waals surface area contributed by atoms with Gasteiger partial charge in [0.05, 0.1) is 5.52 Å². The molecule has 1 aromatic heterocycles. The standard InChI is InChI=1S/C16H17NO2/c1-16(2,3)19-15(18)9-7-12-6-8-14-13(11-12)5-4-10-17-14/h4-11H,1-3H3/b9-7+. The quantitative estimate of drug-likeness (QED) is 0.608. The van der Waals surface area contributed by atoms with Crippen molar-refractivity contribution < 1.29 is 9.53 Å². The van der Waals surface area contributed by atoms with Crippen molar-refractivity contribution in [1.82, 2.24) is 4.98 Å². The molecule has 98 valence electrons. The molecular weight excluding hydrogens is 238 g/mol. The molecule has 0 amide bonds. The Kier molecular flexibility index (Phi) is 3.65. The van der Waals surface area contributed by atoms with Crippen molar-refractivity contribution in [2.75, 3.05) is 0 Å². The Hall–Kier alpha value is -2.16. The molecule has 0 bridgehead atoms. The van der Waals surface area contributed by atoms with E-state index in [4.69, 9.17) is 4.74 Å². The number of nitrogens with zero attached hydrogens (tertiary/aromatic N) is 1. The molecule has 0 radical (unpaired) electrons. The largest absolute Gasteiger partial charge is 0.457 e. The Labute approximate surface area is 112 Å². The molecule has 0 aliphatic heterocycles. The first-order valence-corrected chi connectivity index (χ1v) is 6.20. The van der Waals surface area contributed by atoms with Crippen LogP contribution in [0.5, 0.6) is 0 Å². The van der Waals surface area contributed by atoms with Gasteiger partial charge in [-0.1, -0.05) is 12.1 Å². The second kappa shape index (κ2) is 5.22. The number of carbonyl (C=O) groups excluding carboxylic acids is 1. The molecule has 2 aromatic rings. The molecule has 0 aliphatic rings. The third-order valence-electron chi connectivity index (χ3n) is 2.45. The Balaban J connectivity index is 2.15. The van der Waals surface area contributed by atoms with Crippen molar-refractivity contribution in [3.8, 4) is 0 Å². The summed E-state index contributed by atoms with van der Waals surface area (Å²) in [4.78, 5) is 15.8. The molecule has 3 nitrogen and oxygen atoms in total. The van der Waals surface area contributed by atoms with Gasteiger partial charge >= 0.3 is 5.97 Å². The normalized spacial score (nSPS) is 11.9. The first kappa shape index (κ1) is 13.3. The van der Waals surface area contributed by atoms with Crippen LogP contribution in [0, 0.1) is 0 Å². The fourth-order valence-electron chi connectivity index (χ4n) is 1.70. The van der Waals surface area contributed by atoms with Gasteiger partial charge in [-0.25, -0.2) is 4.79 Å². The number of carbonyl (C=O) groups is 1. The topological polar surface area (TPSA) is 39.2 Å². The summed E-state index contributed by atoms with van der Waals surface area (Å²) in [6, 6.07) is 9.74. The third-order valence-corrected chi connectivity index (χ3v) is 2.45. The summed E-state index contributed by atoms with van der Waals surface area (Å²) in [6.45, 7) is 5.54. The van der Waals surface area contributed by atoms with Gasteiger partial charge in [0.25, 0.3) is 0 Å². The minimum absolute atomic E-state index is 0.334. The van der Waals surface area contributed by atoms with Gasteiger partial charge in [-0.05, 0) is 50.6 Å². The molecule has 1 heterocycles. The Bertz CT molecular complexity index is 624. The van der Waals surface area contributed by atoms with E-state index in [2.05, 4.69) is 4.98 Å². The van der Waals surface area contributed by atoms with E-state index in [1.807, 2.05) is 51.1 Å². The van der Waals surface area contributed by atoms with Crippen LogP contribution in [0.3, 0.4) is 0 Å². The molecule has 2 rings (SSSR count). The number of esters is 1. The molecule has 3 heteroatoms. The van der Waals surface area contributed by atoms with E-state index in [0.717, 1.165) is 16.5 Å². The van der Waals surface area contributed by atoms with Crippen LogP contribution in [0.2, 0.25) is 0 Å². The number of ether oxygens (including phenoxy) is 1. The van der Waals surface area contributed by atoms with Crippen molar-refractivity contribution >= 4 is 22.9 Å². The van der Waals surface area contributed by atoms with E-state index >= 15 is 0 Å². The molecule has 0 atom stereocenters. The summed E-state index contributed by atoms with van der Waals surface area (Å²) >= 11 is 0. The Morgan fingerprint density at radius 2 is 2.05 bits per heavy atom. The summed E-state index contributed by atoms with van der Waals surface area (Å²) in [6.07, 6.45) is 4.96. The number of hydrogen-bond donors (Lipinski definition) is 0. The zero-order valence-electron chi connectivity index (χ0n) is 11.4. The lowest BCUT2D eigenvalue weighted by molar-refractivity contribution is -0.148. The van der Waals surface area contributed by atoms with Gasteiger partial charge < -0.3 is 4.74 Å². The van der Waals surface area contributed by atoms with Gasteiger partial charge in [0.15, 0.2) is 0 Å². The summed E-state index contributed by atoms with van der Waals surface area (Å²) in [5, 5.41) is 1.05. The Morgan fingerprint density at radius 3 is 2.79 bits per heavy atom. The molecule has 0 spiro atoms. The van der Waals surface area contributed by atoms with E-state index < -0.39 is 5.60 Å². The number of rotatable bonds is 2. The van der Waals surface area contributed by atoms with Crippen molar-refractivity contribution in [3.05, 3.63) is 48.2 Å². The number of aromatic nitrogens is 1. The van der Waals surface area contributed by atoms with Crippen molar-refractivity contribution in [2.24, 2.45) is 0 Å². The summed E-state index contributed by atoms with van der Waals surface area (Å²) < 4.78 is 5.21. The van der Waals surface area contributed by atoms with E-state index in [1.165, 1.54) is 6.08 Å². The first-order valence-electron chi connectivity index (χ1n) is 6.20. The average molecular weight is 255 g/mol. The van der Waals surface area contributed by atoms with Crippen molar-refractivity contribution in [3.63, 3.8) is 0 Å². The highest BCUT2D eigenvalue weighted by Gasteiger charge is 2.13. The van der Waals surface area contributed by atoms with Crippen LogP contribution in [0.25, 0.3) is 17.0 Å². The zero-order chi connectivity index (χ0) is 13.9. The summed E-state index contributed by atoms with van der Waals surface area (Å²) in [5.41, 5.74) is 1.43. The molecule has 1 aromatic carbocycles. The molecule has 0 unspecified atom stereocenters. The predicted molar refractivity (Wildman–Crippen MR) is 76.6 cm³/mol. The highest BCUT2D eigenvalue weighted by atomic mass is 16.6. The Morgan fingerprint density at radius 1 is 1.26 bits per heavy atom. The second-order valence-corrected chi connectivity index (χ2v) is 5.32. The van der Waals surface area contributed by atoms with Crippen LogP contribution in [0.4, 0.5) is 0 Å². The van der Waals surface area contributed by atoms with Crippen LogP contribution in [-0.4, -0.2) is 16.6 Å². The molecule has 0 saturated carbocycles. The SMILES string of the molecule is CC(C)(C)OC(=O)/C=C/c1ccc2ncccc2c1. The van der Waals surface area contributed by atoms with Crippen molar-refractivity contribution in [1.29, 1.82) is 0 Å². The highest BCUT2D eigenvalue weighted by molar-refractivity contribution is 5.89. The van der Waals surface area contributed by atoms with Gasteiger partial charge in [0.2, 0.25) is 0 Å². The van der Waals surface area contributed by atoms with Crippen LogP contribution in [-0.2, 0) is 9.53 Å². The maximum Gasteiger partial charge on any atom is 0.331 e. The number of hydrogen-bond acceptors (Lipinski definition) is 3. The maximum atomic E-state index is 11.6. The predicted octanol–water partition coefficient (Wildman–Crippen LogP) is 3.59. The maximum absolute atomic E-state index is 11.6. The fourth-order valence-corrected chi connectivity index (χ4v) is 1.70. The van der Waals surface area contributed by atoms with Crippen molar-refractivity contribution in [2.45, 2.75) is 26.4 Å². The minimum Gasteiger partial charge on any atom is -0.457 e. The molecule has 0 aliphatic carbocycles. The van der Waals surface area contributed by atoms with E-state index in [-0.39, 0.29) is 5.97 Å². The molecule has 19 heavy (non-hydrogen) atoms. The summed E-state index contributed by atoms with van der Waals surface area (Å²) in [5.74, 6) is -0.334. The lowest BCUT2D eigenvalue weighted by Gasteiger charge is -2.17. The highest BCUT2D eigenvalue weighted by Crippen LogP contribution is 2.15. The van der Waals surface area contributed by atoms with Crippen LogP contribution in [0.1, 0.15) is 26.3 Å². The zero-order valence-corrected chi connectivity index (χ0v) is 11.4. The molecule has 0 N–H and O–H groups in total. The van der Waals surface area contributed by atoms with Crippen LogP contribution >= 0.6 is 0 Å². The monoisotopic (exact) mass is 255 g/mol. The minimum atomic E-state index is -0.464. The van der Waals surface area contributed by atoms with Crippen LogP contribution in [0.15, 0.2) is 42.6 Å². The van der Waals surface area contributed by atoms with E-state index in [0.29, 0.717) is 0 Å². The molecule has 0 saturated heterocycles. The smallest absolute Gasteiger partial charge is 0.331 e.